The van der Waals surface area contributed by atoms with Crippen LogP contribution in [0.15, 0.2) is 91.3 Å². The van der Waals surface area contributed by atoms with Gasteiger partial charge >= 0.3 is 12.1 Å². The molecule has 7 heteroatoms. The van der Waals surface area contributed by atoms with Crippen molar-refractivity contribution in [2.24, 2.45) is 5.41 Å². The van der Waals surface area contributed by atoms with Gasteiger partial charge in [0.1, 0.15) is 5.75 Å². The largest absolute Gasteiger partial charge is 0.496 e. The van der Waals surface area contributed by atoms with E-state index in [-0.39, 0.29) is 0 Å². The SMILES string of the molecule is COc1ccccc1[C@H](c1cccc2ccccc12)[C@@](C)(C#N)C(=O)[n+]1ccc(C(F)(F)F)cc1. The highest BCUT2D eigenvalue weighted by atomic mass is 19.4. The Morgan fingerprint density at radius 3 is 2.17 bits per heavy atom. The van der Waals surface area contributed by atoms with Crippen molar-refractivity contribution in [2.75, 3.05) is 7.11 Å². The van der Waals surface area contributed by atoms with Gasteiger partial charge in [0.15, 0.2) is 17.8 Å². The molecule has 0 aliphatic carbocycles. The molecule has 2 atom stereocenters. The number of hydrogen-bond donors (Lipinski definition) is 0. The number of nitriles is 1. The highest BCUT2D eigenvalue weighted by Crippen LogP contribution is 2.46. The topological polar surface area (TPSA) is 54.0 Å². The summed E-state index contributed by atoms with van der Waals surface area (Å²) >= 11 is 0. The maximum atomic E-state index is 13.8. The molecule has 0 bridgehead atoms. The number of ether oxygens (including phenoxy) is 1. The number of pyridine rings is 1. The lowest BCUT2D eigenvalue weighted by atomic mass is 9.69. The number of halogens is 3. The van der Waals surface area contributed by atoms with E-state index in [9.17, 15) is 23.2 Å². The second kappa shape index (κ2) is 9.22. The number of benzene rings is 3. The Labute approximate surface area is 200 Å². The van der Waals surface area contributed by atoms with E-state index in [1.165, 1.54) is 14.0 Å². The molecule has 3 aromatic carbocycles. The molecule has 0 fully saturated rings. The van der Waals surface area contributed by atoms with Crippen LogP contribution in [0.3, 0.4) is 0 Å². The van der Waals surface area contributed by atoms with Gasteiger partial charge in [-0.1, -0.05) is 60.7 Å². The van der Waals surface area contributed by atoms with Crippen molar-refractivity contribution >= 4 is 16.7 Å². The molecule has 1 aromatic heterocycles. The van der Waals surface area contributed by atoms with Crippen molar-refractivity contribution in [1.29, 1.82) is 5.26 Å². The molecule has 176 valence electrons. The maximum Gasteiger partial charge on any atom is 0.416 e. The standard InChI is InChI=1S/C28H22F3N2O2/c1-27(18-32,26(34)33-16-14-20(15-17-33)28(29,30)31)25(23-11-5-6-13-24(23)35-2)22-12-7-9-19-8-3-4-10-21(19)22/h3-17,25H,1-2H3/q+1/t25-,27+/m0/s1. The third kappa shape index (κ3) is 4.35. The number of nitrogens with zero attached hydrogens (tertiary/aromatic N) is 2. The lowest BCUT2D eigenvalue weighted by Gasteiger charge is -2.30. The molecule has 0 N–H and O–H groups in total. The van der Waals surface area contributed by atoms with E-state index < -0.39 is 29.0 Å². The zero-order valence-electron chi connectivity index (χ0n) is 19.1. The number of aromatic nitrogens is 1. The van der Waals surface area contributed by atoms with E-state index in [0.29, 0.717) is 11.3 Å². The molecule has 0 saturated carbocycles. The molecular weight excluding hydrogens is 453 g/mol. The second-order valence-electron chi connectivity index (χ2n) is 8.35. The van der Waals surface area contributed by atoms with E-state index in [2.05, 4.69) is 6.07 Å². The number of methoxy groups -OCH3 is 1. The molecular formula is C28H22F3N2O2+. The van der Waals surface area contributed by atoms with Crippen LogP contribution in [-0.4, -0.2) is 13.0 Å². The van der Waals surface area contributed by atoms with Crippen molar-refractivity contribution in [2.45, 2.75) is 19.0 Å². The van der Waals surface area contributed by atoms with Gasteiger partial charge in [-0.05, 0) is 29.3 Å². The minimum atomic E-state index is -4.54. The first-order chi connectivity index (χ1) is 16.7. The lowest BCUT2D eigenvalue weighted by molar-refractivity contribution is -0.579. The number of fused-ring (bicyclic) bond motifs is 1. The first-order valence-corrected chi connectivity index (χ1v) is 10.9. The van der Waals surface area contributed by atoms with Crippen molar-refractivity contribution in [3.05, 3.63) is 108 Å². The van der Waals surface area contributed by atoms with E-state index in [4.69, 9.17) is 4.74 Å². The van der Waals surface area contributed by atoms with Crippen molar-refractivity contribution < 1.29 is 27.3 Å². The van der Waals surface area contributed by atoms with Crippen molar-refractivity contribution in [1.82, 2.24) is 0 Å². The summed E-state index contributed by atoms with van der Waals surface area (Å²) in [6.07, 6.45) is -2.45. The molecule has 0 aliphatic heterocycles. The van der Waals surface area contributed by atoms with Crippen LogP contribution in [0.5, 0.6) is 5.75 Å². The monoisotopic (exact) mass is 475 g/mol. The highest BCUT2D eigenvalue weighted by molar-refractivity contribution is 5.89. The van der Waals surface area contributed by atoms with Gasteiger partial charge in [-0.15, -0.1) is 4.57 Å². The summed E-state index contributed by atoms with van der Waals surface area (Å²) in [7, 11) is 1.51. The first-order valence-electron chi connectivity index (χ1n) is 10.9. The van der Waals surface area contributed by atoms with Crippen LogP contribution in [0.2, 0.25) is 0 Å². The van der Waals surface area contributed by atoms with Crippen LogP contribution in [0.1, 0.15) is 34.3 Å². The summed E-state index contributed by atoms with van der Waals surface area (Å²) < 4.78 is 45.8. The van der Waals surface area contributed by atoms with Gasteiger partial charge in [-0.3, -0.25) is 0 Å². The fraction of sp³-hybridized carbons (Fsp3) is 0.179. The summed E-state index contributed by atoms with van der Waals surface area (Å²) in [5.41, 5.74) is -1.22. The van der Waals surface area contributed by atoms with Crippen LogP contribution >= 0.6 is 0 Å². The van der Waals surface area contributed by atoms with Gasteiger partial charge in [0.05, 0.1) is 18.7 Å². The number of alkyl halides is 3. The molecule has 0 unspecified atom stereocenters. The molecule has 0 aliphatic rings. The Morgan fingerprint density at radius 2 is 1.51 bits per heavy atom. The number of para-hydroxylation sites is 1. The number of carbonyl (C=O) groups is 1. The summed E-state index contributed by atoms with van der Waals surface area (Å²) in [4.78, 5) is 13.8. The summed E-state index contributed by atoms with van der Waals surface area (Å²) in [5.74, 6) is -0.938. The van der Waals surface area contributed by atoms with Crippen LogP contribution in [0, 0.1) is 16.7 Å². The van der Waals surface area contributed by atoms with Gasteiger partial charge in [-0.2, -0.15) is 18.4 Å². The van der Waals surface area contributed by atoms with Gasteiger partial charge in [0.2, 0.25) is 0 Å². The molecule has 35 heavy (non-hydrogen) atoms. The van der Waals surface area contributed by atoms with Gasteiger partial charge in [0.25, 0.3) is 0 Å². The summed E-state index contributed by atoms with van der Waals surface area (Å²) in [6, 6.07) is 24.3. The van der Waals surface area contributed by atoms with E-state index in [0.717, 1.165) is 45.4 Å². The lowest BCUT2D eigenvalue weighted by Crippen LogP contribution is -2.53. The minimum Gasteiger partial charge on any atom is -0.496 e. The Hall–Kier alpha value is -4.18. The van der Waals surface area contributed by atoms with E-state index in [1.54, 1.807) is 24.3 Å². The number of rotatable bonds is 5. The Kier molecular flexibility index (Phi) is 6.31. The quantitative estimate of drug-likeness (QED) is 0.325. The molecule has 4 rings (SSSR count). The zero-order chi connectivity index (χ0) is 25.2. The third-order valence-electron chi connectivity index (χ3n) is 6.23. The van der Waals surface area contributed by atoms with Gasteiger partial charge in [-0.25, -0.2) is 4.79 Å². The van der Waals surface area contributed by atoms with Crippen LogP contribution in [-0.2, 0) is 6.18 Å². The normalized spacial score (nSPS) is 14.1. The fourth-order valence-electron chi connectivity index (χ4n) is 4.45. The van der Waals surface area contributed by atoms with E-state index in [1.807, 2.05) is 42.5 Å². The third-order valence-corrected chi connectivity index (χ3v) is 6.23. The van der Waals surface area contributed by atoms with Crippen LogP contribution in [0.25, 0.3) is 10.8 Å². The predicted molar refractivity (Wildman–Crippen MR) is 125 cm³/mol. The van der Waals surface area contributed by atoms with E-state index >= 15 is 0 Å². The average molecular weight is 475 g/mol. The van der Waals surface area contributed by atoms with Crippen molar-refractivity contribution in [3.8, 4) is 11.8 Å². The van der Waals surface area contributed by atoms with Crippen LogP contribution < -0.4 is 9.30 Å². The maximum absolute atomic E-state index is 13.8. The van der Waals surface area contributed by atoms with Gasteiger partial charge in [0, 0.05) is 23.6 Å². The molecule has 0 amide bonds. The second-order valence-corrected chi connectivity index (χ2v) is 8.35. The zero-order valence-corrected chi connectivity index (χ0v) is 19.1. The first kappa shape index (κ1) is 24.0. The molecule has 0 saturated heterocycles. The summed E-state index contributed by atoms with van der Waals surface area (Å²) in [5, 5.41) is 12.2. The highest BCUT2D eigenvalue weighted by Gasteiger charge is 2.51. The number of hydrogen-bond acceptors (Lipinski definition) is 3. The molecule has 4 aromatic rings. The molecule has 0 radical (unpaired) electrons. The van der Waals surface area contributed by atoms with Gasteiger partial charge < -0.3 is 4.74 Å². The Balaban J connectivity index is 1.95. The van der Waals surface area contributed by atoms with Crippen LogP contribution in [0.4, 0.5) is 13.2 Å². The Bertz CT molecular complexity index is 1420. The fourth-order valence-corrected chi connectivity index (χ4v) is 4.45. The smallest absolute Gasteiger partial charge is 0.416 e. The summed E-state index contributed by atoms with van der Waals surface area (Å²) in [6.45, 7) is 1.51. The molecule has 1 heterocycles. The predicted octanol–water partition coefficient (Wildman–Crippen LogP) is 6.16. The van der Waals surface area contributed by atoms with Crippen molar-refractivity contribution in [3.63, 3.8) is 0 Å². The number of carbonyl (C=O) groups excluding carboxylic acids is 1. The average Bonchev–Trinajstić information content (AvgIpc) is 2.88. The molecule has 0 spiro atoms. The minimum absolute atomic E-state index is 0.497. The molecule has 4 nitrogen and oxygen atoms in total. The Morgan fingerprint density at radius 1 is 0.914 bits per heavy atom.